The molecule has 0 radical (unpaired) electrons. The minimum atomic E-state index is -0.390. The quantitative estimate of drug-likeness (QED) is 0.683. The van der Waals surface area contributed by atoms with E-state index in [4.69, 9.17) is 9.47 Å². The summed E-state index contributed by atoms with van der Waals surface area (Å²) < 4.78 is 11.9. The molecule has 6 heteroatoms. The molecule has 2 fully saturated rings. The summed E-state index contributed by atoms with van der Waals surface area (Å²) >= 11 is 0. The topological polar surface area (TPSA) is 73.6 Å². The van der Waals surface area contributed by atoms with Crippen LogP contribution in [-0.4, -0.2) is 36.3 Å². The standard InChI is InChI=1S/C15H20N2O4/c1-11-3-2-4-13(17(18)19)14(11)21-12-9-15(20-10-12)5-7-16-8-6-15/h2-4,12,16H,5-10H2,1H3. The molecule has 2 saturated heterocycles. The number of para-hydroxylation sites is 1. The van der Waals surface area contributed by atoms with Crippen molar-refractivity contribution in [3.05, 3.63) is 33.9 Å². The molecule has 1 spiro atoms. The van der Waals surface area contributed by atoms with Gasteiger partial charge < -0.3 is 14.8 Å². The second-order valence-corrected chi connectivity index (χ2v) is 5.87. The van der Waals surface area contributed by atoms with Crippen molar-refractivity contribution in [2.45, 2.75) is 37.9 Å². The van der Waals surface area contributed by atoms with Crippen LogP contribution >= 0.6 is 0 Å². The molecular weight excluding hydrogens is 272 g/mol. The van der Waals surface area contributed by atoms with Crippen LogP contribution in [0.5, 0.6) is 5.75 Å². The molecule has 0 amide bonds. The molecule has 3 rings (SSSR count). The SMILES string of the molecule is Cc1cccc([N+](=O)[O-])c1OC1COC2(CCNCC2)C1. The smallest absolute Gasteiger partial charge is 0.311 e. The van der Waals surface area contributed by atoms with E-state index < -0.39 is 4.92 Å². The van der Waals surface area contributed by atoms with E-state index in [0.29, 0.717) is 12.4 Å². The summed E-state index contributed by atoms with van der Waals surface area (Å²) in [5.74, 6) is 0.377. The maximum Gasteiger partial charge on any atom is 0.311 e. The third-order valence-electron chi connectivity index (χ3n) is 4.36. The Labute approximate surface area is 123 Å². The van der Waals surface area contributed by atoms with Crippen LogP contribution in [0.4, 0.5) is 5.69 Å². The van der Waals surface area contributed by atoms with Crippen molar-refractivity contribution >= 4 is 5.69 Å². The van der Waals surface area contributed by atoms with Gasteiger partial charge in [0.05, 0.1) is 17.1 Å². The molecule has 2 heterocycles. The molecule has 2 aliphatic rings. The molecule has 0 aliphatic carbocycles. The van der Waals surface area contributed by atoms with E-state index in [0.717, 1.165) is 37.9 Å². The summed E-state index contributed by atoms with van der Waals surface area (Å²) in [4.78, 5) is 10.7. The van der Waals surface area contributed by atoms with Gasteiger partial charge in [0, 0.05) is 12.5 Å². The molecular formula is C15H20N2O4. The highest BCUT2D eigenvalue weighted by molar-refractivity contribution is 5.51. The van der Waals surface area contributed by atoms with Gasteiger partial charge in [-0.3, -0.25) is 10.1 Å². The highest BCUT2D eigenvalue weighted by Crippen LogP contribution is 2.38. The number of nitro groups is 1. The zero-order chi connectivity index (χ0) is 14.9. The summed E-state index contributed by atoms with van der Waals surface area (Å²) in [6.07, 6.45) is 2.65. The van der Waals surface area contributed by atoms with E-state index in [2.05, 4.69) is 5.32 Å². The van der Waals surface area contributed by atoms with Crippen molar-refractivity contribution in [1.29, 1.82) is 0 Å². The van der Waals surface area contributed by atoms with Gasteiger partial charge in [-0.15, -0.1) is 0 Å². The second-order valence-electron chi connectivity index (χ2n) is 5.87. The first-order valence-electron chi connectivity index (χ1n) is 7.35. The van der Waals surface area contributed by atoms with Crippen molar-refractivity contribution in [1.82, 2.24) is 5.32 Å². The second kappa shape index (κ2) is 5.61. The number of nitrogens with zero attached hydrogens (tertiary/aromatic N) is 1. The lowest BCUT2D eigenvalue weighted by Crippen LogP contribution is -2.41. The van der Waals surface area contributed by atoms with Gasteiger partial charge in [0.25, 0.3) is 0 Å². The largest absolute Gasteiger partial charge is 0.481 e. The molecule has 0 saturated carbocycles. The predicted octanol–water partition coefficient (Wildman–Crippen LogP) is 2.19. The third kappa shape index (κ3) is 2.87. The normalized spacial score (nSPS) is 24.1. The number of benzene rings is 1. The number of nitrogens with one attached hydrogen (secondary N) is 1. The van der Waals surface area contributed by atoms with Crippen LogP contribution in [-0.2, 0) is 4.74 Å². The first-order valence-corrected chi connectivity index (χ1v) is 7.35. The fourth-order valence-corrected chi connectivity index (χ4v) is 3.21. The summed E-state index contributed by atoms with van der Waals surface area (Å²) in [5, 5.41) is 14.5. The Kier molecular flexibility index (Phi) is 3.82. The average molecular weight is 292 g/mol. The Morgan fingerprint density at radius 2 is 2.19 bits per heavy atom. The van der Waals surface area contributed by atoms with Crippen LogP contribution in [0.2, 0.25) is 0 Å². The third-order valence-corrected chi connectivity index (χ3v) is 4.36. The Morgan fingerprint density at radius 3 is 2.90 bits per heavy atom. The summed E-state index contributed by atoms with van der Waals surface area (Å²) in [6.45, 7) is 4.25. The van der Waals surface area contributed by atoms with Crippen molar-refractivity contribution in [3.63, 3.8) is 0 Å². The Bertz CT molecular complexity index is 540. The molecule has 1 aromatic carbocycles. The van der Waals surface area contributed by atoms with E-state index >= 15 is 0 Å². The lowest BCUT2D eigenvalue weighted by atomic mass is 9.89. The van der Waals surface area contributed by atoms with Crippen LogP contribution in [0, 0.1) is 17.0 Å². The van der Waals surface area contributed by atoms with Gasteiger partial charge in [-0.1, -0.05) is 12.1 Å². The Morgan fingerprint density at radius 1 is 1.43 bits per heavy atom. The number of ether oxygens (including phenoxy) is 2. The number of aryl methyl sites for hydroxylation is 1. The van der Waals surface area contributed by atoms with Crippen LogP contribution < -0.4 is 10.1 Å². The lowest BCUT2D eigenvalue weighted by Gasteiger charge is -2.32. The minimum Gasteiger partial charge on any atom is -0.481 e. The number of piperidine rings is 1. The van der Waals surface area contributed by atoms with E-state index in [-0.39, 0.29) is 17.4 Å². The van der Waals surface area contributed by atoms with E-state index in [1.54, 1.807) is 6.07 Å². The van der Waals surface area contributed by atoms with E-state index in [1.807, 2.05) is 13.0 Å². The fourth-order valence-electron chi connectivity index (χ4n) is 3.21. The van der Waals surface area contributed by atoms with Gasteiger partial charge in [0.1, 0.15) is 6.10 Å². The molecule has 1 atom stereocenters. The monoisotopic (exact) mass is 292 g/mol. The zero-order valence-electron chi connectivity index (χ0n) is 12.1. The van der Waals surface area contributed by atoms with Gasteiger partial charge >= 0.3 is 5.69 Å². The van der Waals surface area contributed by atoms with Gasteiger partial charge in [-0.2, -0.15) is 0 Å². The van der Waals surface area contributed by atoms with Gasteiger partial charge in [0.2, 0.25) is 0 Å². The predicted molar refractivity (Wildman–Crippen MR) is 77.7 cm³/mol. The lowest BCUT2D eigenvalue weighted by molar-refractivity contribution is -0.386. The first kappa shape index (κ1) is 14.3. The van der Waals surface area contributed by atoms with Gasteiger partial charge in [0.15, 0.2) is 5.75 Å². The summed E-state index contributed by atoms with van der Waals surface area (Å²) in [7, 11) is 0. The van der Waals surface area contributed by atoms with Crippen LogP contribution in [0.1, 0.15) is 24.8 Å². The number of hydrogen-bond acceptors (Lipinski definition) is 5. The zero-order valence-corrected chi connectivity index (χ0v) is 12.1. The Balaban J connectivity index is 1.75. The minimum absolute atomic E-state index is 0.0289. The Hall–Kier alpha value is -1.66. The van der Waals surface area contributed by atoms with Crippen molar-refractivity contribution in [2.75, 3.05) is 19.7 Å². The fraction of sp³-hybridized carbons (Fsp3) is 0.600. The molecule has 0 aromatic heterocycles. The van der Waals surface area contributed by atoms with Crippen LogP contribution in [0.3, 0.4) is 0 Å². The highest BCUT2D eigenvalue weighted by atomic mass is 16.6. The molecule has 0 bridgehead atoms. The van der Waals surface area contributed by atoms with Crippen molar-refractivity contribution < 1.29 is 14.4 Å². The van der Waals surface area contributed by atoms with Crippen molar-refractivity contribution in [3.8, 4) is 5.75 Å². The molecule has 1 aromatic rings. The first-order chi connectivity index (χ1) is 10.1. The van der Waals surface area contributed by atoms with E-state index in [9.17, 15) is 10.1 Å². The van der Waals surface area contributed by atoms with Crippen LogP contribution in [0.15, 0.2) is 18.2 Å². The van der Waals surface area contributed by atoms with Crippen molar-refractivity contribution in [2.24, 2.45) is 0 Å². The molecule has 1 unspecified atom stereocenters. The number of rotatable bonds is 3. The summed E-state index contributed by atoms with van der Waals surface area (Å²) in [5.41, 5.74) is 0.713. The van der Waals surface area contributed by atoms with E-state index in [1.165, 1.54) is 6.07 Å². The maximum atomic E-state index is 11.1. The molecule has 114 valence electrons. The summed E-state index contributed by atoms with van der Waals surface area (Å²) in [6, 6.07) is 5.00. The average Bonchev–Trinajstić information content (AvgIpc) is 2.84. The molecule has 6 nitrogen and oxygen atoms in total. The highest BCUT2D eigenvalue weighted by Gasteiger charge is 2.42. The number of hydrogen-bond donors (Lipinski definition) is 1. The molecule has 2 aliphatic heterocycles. The van der Waals surface area contributed by atoms with Crippen LogP contribution in [0.25, 0.3) is 0 Å². The number of nitro benzene ring substituents is 1. The van der Waals surface area contributed by atoms with Gasteiger partial charge in [-0.05, 0) is 38.4 Å². The van der Waals surface area contributed by atoms with Gasteiger partial charge in [-0.25, -0.2) is 0 Å². The maximum absolute atomic E-state index is 11.1. The molecule has 1 N–H and O–H groups in total. The molecule has 21 heavy (non-hydrogen) atoms.